The zero-order valence-electron chi connectivity index (χ0n) is 45.2. The van der Waals surface area contributed by atoms with Crippen molar-refractivity contribution in [2.45, 2.75) is 72.1 Å². The van der Waals surface area contributed by atoms with Crippen molar-refractivity contribution in [3.05, 3.63) is 235 Å². The Morgan fingerprint density at radius 3 is 1.52 bits per heavy atom. The number of thiophene rings is 1. The zero-order chi connectivity index (χ0) is 52.5. The van der Waals surface area contributed by atoms with Crippen LogP contribution in [0, 0.1) is 0 Å². The third-order valence-corrected chi connectivity index (χ3v) is 18.0. The number of hydrogen-bond acceptors (Lipinski definition) is 3. The quantitative estimate of drug-likeness (QED) is 0.121. The fourth-order valence-electron chi connectivity index (χ4n) is 12.7. The molecule has 0 bridgehead atoms. The molecule has 12 aromatic rings. The van der Waals surface area contributed by atoms with Crippen molar-refractivity contribution in [2.75, 3.05) is 9.80 Å². The van der Waals surface area contributed by atoms with Gasteiger partial charge in [0.25, 0.3) is 6.71 Å². The summed E-state index contributed by atoms with van der Waals surface area (Å²) in [7, 11) is 0. The molecule has 14 rings (SSSR count). The van der Waals surface area contributed by atoms with Gasteiger partial charge in [-0.3, -0.25) is 0 Å². The summed E-state index contributed by atoms with van der Waals surface area (Å²) in [5, 5.41) is 9.00. The molecular weight excluding hydrogens is 948 g/mol. The molecule has 0 atom stereocenters. The van der Waals surface area contributed by atoms with Crippen LogP contribution in [-0.4, -0.2) is 6.71 Å². The topological polar surface area (TPSA) is 6.48 Å². The lowest BCUT2D eigenvalue weighted by molar-refractivity contribution is 0.590. The minimum Gasteiger partial charge on any atom is -0.311 e. The third-order valence-electron chi connectivity index (χ3n) is 16.7. The molecule has 0 saturated carbocycles. The molecule has 2 aliphatic heterocycles. The van der Waals surface area contributed by atoms with Gasteiger partial charge in [-0.2, -0.15) is 0 Å². The SMILES string of the molecule is CC(C)c1ccc2c(c1)B1c3sc4ccc(C(C)(C)C)cc4c3N(c3c(-c4ccccc4)cccc3-c3ccccc3)c3cccc(c31)N2c1ccc(C(C)(C)C)cc1-c1ccc2c3ccccc3c3ccccc3c2c1. The van der Waals surface area contributed by atoms with E-state index in [2.05, 4.69) is 284 Å². The van der Waals surface area contributed by atoms with Crippen molar-refractivity contribution in [3.8, 4) is 33.4 Å². The molecule has 0 spiro atoms. The first kappa shape index (κ1) is 47.3. The van der Waals surface area contributed by atoms with Gasteiger partial charge in [-0.25, -0.2) is 0 Å². The van der Waals surface area contributed by atoms with Gasteiger partial charge >= 0.3 is 0 Å². The highest BCUT2D eigenvalue weighted by Crippen LogP contribution is 2.54. The number of para-hydroxylation sites is 1. The van der Waals surface area contributed by atoms with Crippen molar-refractivity contribution < 1.29 is 0 Å². The maximum absolute atomic E-state index is 2.69. The third kappa shape index (κ3) is 7.51. The van der Waals surface area contributed by atoms with Crippen molar-refractivity contribution in [1.82, 2.24) is 0 Å². The zero-order valence-corrected chi connectivity index (χ0v) is 46.1. The van der Waals surface area contributed by atoms with Crippen molar-refractivity contribution >= 4 is 110 Å². The minimum atomic E-state index is -0.0798. The molecule has 0 radical (unpaired) electrons. The van der Waals surface area contributed by atoms with Crippen LogP contribution in [0.2, 0.25) is 0 Å². The Bertz CT molecular complexity index is 4250. The first-order valence-corrected chi connectivity index (χ1v) is 28.3. The summed E-state index contributed by atoms with van der Waals surface area (Å²) >= 11 is 1.98. The van der Waals surface area contributed by atoms with Crippen LogP contribution in [0.25, 0.3) is 75.8 Å². The molecule has 0 saturated heterocycles. The standard InChI is InChI=1S/C73H61BN2S/c1-45(2)48-34-38-64-62(42-48)74-68-65(75(64)63-39-35-50(72(3,4)5)43-59(63)49-33-37-58-56-27-16-15-25-54(56)55-26-17-18-28-57(55)60(58)41-49)31-20-32-66(68)76(70-61-44-51(73(6,7)8)36-40-67(61)77-71(70)74)69-52(46-21-11-9-12-22-46)29-19-30-53(69)47-23-13-10-14-24-47/h9-45H,1-8H3. The van der Waals surface area contributed by atoms with E-state index in [1.165, 1.54) is 142 Å². The molecule has 0 unspecified atom stereocenters. The Kier molecular flexibility index (Phi) is 10.9. The van der Waals surface area contributed by atoms with Crippen LogP contribution in [0.3, 0.4) is 0 Å². The normalized spacial score (nSPS) is 13.2. The highest BCUT2D eigenvalue weighted by molar-refractivity contribution is 7.33. The van der Waals surface area contributed by atoms with E-state index in [4.69, 9.17) is 0 Å². The van der Waals surface area contributed by atoms with Gasteiger partial charge in [-0.1, -0.05) is 225 Å². The second-order valence-electron chi connectivity index (χ2n) is 23.8. The van der Waals surface area contributed by atoms with E-state index in [1.54, 1.807) is 0 Å². The average molecular weight is 1010 g/mol. The molecule has 0 amide bonds. The molecule has 11 aromatic carbocycles. The molecule has 372 valence electrons. The molecule has 2 nitrogen and oxygen atoms in total. The number of hydrogen-bond donors (Lipinski definition) is 0. The van der Waals surface area contributed by atoms with Gasteiger partial charge in [0.2, 0.25) is 0 Å². The lowest BCUT2D eigenvalue weighted by Crippen LogP contribution is -2.60. The maximum atomic E-state index is 2.69. The van der Waals surface area contributed by atoms with E-state index in [0.29, 0.717) is 5.92 Å². The highest BCUT2D eigenvalue weighted by atomic mass is 32.1. The second kappa shape index (κ2) is 17.7. The van der Waals surface area contributed by atoms with E-state index < -0.39 is 0 Å². The first-order valence-electron chi connectivity index (χ1n) is 27.5. The minimum absolute atomic E-state index is 0.0189. The fourth-order valence-corrected chi connectivity index (χ4v) is 14.0. The molecule has 0 N–H and O–H groups in total. The van der Waals surface area contributed by atoms with Gasteiger partial charge in [0.15, 0.2) is 0 Å². The van der Waals surface area contributed by atoms with Gasteiger partial charge in [0.1, 0.15) is 0 Å². The second-order valence-corrected chi connectivity index (χ2v) is 24.9. The number of rotatable bonds is 6. The monoisotopic (exact) mass is 1010 g/mol. The molecule has 0 aliphatic carbocycles. The van der Waals surface area contributed by atoms with Crippen LogP contribution in [-0.2, 0) is 10.8 Å². The highest BCUT2D eigenvalue weighted by Gasteiger charge is 2.46. The van der Waals surface area contributed by atoms with Crippen molar-refractivity contribution in [2.24, 2.45) is 0 Å². The van der Waals surface area contributed by atoms with Gasteiger partial charge in [0.05, 0.1) is 17.1 Å². The smallest absolute Gasteiger partial charge is 0.264 e. The molecule has 3 heterocycles. The molecule has 2 aliphatic rings. The van der Waals surface area contributed by atoms with Gasteiger partial charge < -0.3 is 9.80 Å². The largest absolute Gasteiger partial charge is 0.311 e. The number of benzene rings is 11. The molecule has 4 heteroatoms. The van der Waals surface area contributed by atoms with Crippen LogP contribution in [0.4, 0.5) is 34.1 Å². The molecule has 77 heavy (non-hydrogen) atoms. The van der Waals surface area contributed by atoms with Crippen LogP contribution in [0.15, 0.2) is 218 Å². The summed E-state index contributed by atoms with van der Waals surface area (Å²) < 4.78 is 2.69. The Balaban J connectivity index is 1.10. The van der Waals surface area contributed by atoms with E-state index >= 15 is 0 Å². The first-order chi connectivity index (χ1) is 37.3. The van der Waals surface area contributed by atoms with Crippen LogP contribution in [0.1, 0.15) is 78.0 Å². The Hall–Kier alpha value is -8.18. The maximum Gasteiger partial charge on any atom is 0.264 e. The van der Waals surface area contributed by atoms with Crippen LogP contribution < -0.4 is 25.5 Å². The number of fused-ring (bicyclic) bond motifs is 12. The van der Waals surface area contributed by atoms with E-state index in [-0.39, 0.29) is 17.5 Å². The summed E-state index contributed by atoms with van der Waals surface area (Å²) in [5.41, 5.74) is 21.1. The lowest BCUT2D eigenvalue weighted by atomic mass is 9.36. The number of anilines is 6. The summed E-state index contributed by atoms with van der Waals surface area (Å²) in [4.78, 5) is 5.33. The average Bonchev–Trinajstić information content (AvgIpc) is 4.04. The van der Waals surface area contributed by atoms with Gasteiger partial charge in [-0.05, 0) is 142 Å². The van der Waals surface area contributed by atoms with E-state index in [0.717, 1.165) is 0 Å². The van der Waals surface area contributed by atoms with Crippen molar-refractivity contribution in [1.29, 1.82) is 0 Å². The predicted molar refractivity (Wildman–Crippen MR) is 336 cm³/mol. The lowest BCUT2D eigenvalue weighted by Gasteiger charge is -2.44. The van der Waals surface area contributed by atoms with Crippen molar-refractivity contribution in [3.63, 3.8) is 0 Å². The van der Waals surface area contributed by atoms with Gasteiger partial charge in [-0.15, -0.1) is 11.3 Å². The van der Waals surface area contributed by atoms with Gasteiger partial charge in [0, 0.05) is 48.6 Å². The number of nitrogens with zero attached hydrogens (tertiary/aromatic N) is 2. The summed E-state index contributed by atoms with van der Waals surface area (Å²) in [6.07, 6.45) is 0. The van der Waals surface area contributed by atoms with Crippen LogP contribution >= 0.6 is 11.3 Å². The summed E-state index contributed by atoms with van der Waals surface area (Å²) in [6.45, 7) is 18.7. The fraction of sp³-hybridized carbons (Fsp3) is 0.151. The molecule has 0 fully saturated rings. The summed E-state index contributed by atoms with van der Waals surface area (Å²) in [6, 6.07) is 83.2. The predicted octanol–water partition coefficient (Wildman–Crippen LogP) is 19.2. The Morgan fingerprint density at radius 2 is 0.909 bits per heavy atom. The Morgan fingerprint density at radius 1 is 0.377 bits per heavy atom. The Labute approximate surface area is 458 Å². The molecular formula is C73H61BN2S. The van der Waals surface area contributed by atoms with Crippen LogP contribution in [0.5, 0.6) is 0 Å². The van der Waals surface area contributed by atoms with E-state index in [1.807, 2.05) is 11.3 Å². The summed E-state index contributed by atoms with van der Waals surface area (Å²) in [5.74, 6) is 0.345. The molecule has 1 aromatic heterocycles. The van der Waals surface area contributed by atoms with E-state index in [9.17, 15) is 0 Å².